The lowest BCUT2D eigenvalue weighted by Gasteiger charge is -2.16. The molecule has 1 aliphatic carbocycles. The average Bonchev–Trinajstić information content (AvgIpc) is 3.35. The van der Waals surface area contributed by atoms with Crippen LogP contribution in [0, 0.1) is 0 Å². The minimum atomic E-state index is 0.222. The van der Waals surface area contributed by atoms with Crippen molar-refractivity contribution in [2.75, 3.05) is 18.5 Å². The molecule has 1 heterocycles. The SMILES string of the molecule is CN=C(NCc1ccc(N2CCCC2=O)cc1)NC1CC1c1ccc(Br)cc1. The topological polar surface area (TPSA) is 56.7 Å². The molecule has 2 N–H and O–H groups in total. The van der Waals surface area contributed by atoms with Crippen molar-refractivity contribution >= 4 is 33.5 Å². The molecule has 28 heavy (non-hydrogen) atoms. The van der Waals surface area contributed by atoms with Crippen LogP contribution in [0.5, 0.6) is 0 Å². The first-order chi connectivity index (χ1) is 13.6. The van der Waals surface area contributed by atoms with Crippen LogP contribution >= 0.6 is 15.9 Å². The molecule has 0 bridgehead atoms. The summed E-state index contributed by atoms with van der Waals surface area (Å²) in [5.41, 5.74) is 3.52. The number of benzene rings is 2. The number of rotatable bonds is 5. The van der Waals surface area contributed by atoms with Gasteiger partial charge < -0.3 is 15.5 Å². The Labute approximate surface area is 174 Å². The van der Waals surface area contributed by atoms with E-state index in [0.29, 0.717) is 24.9 Å². The molecule has 1 saturated heterocycles. The molecule has 2 aliphatic rings. The molecule has 0 radical (unpaired) electrons. The van der Waals surface area contributed by atoms with E-state index < -0.39 is 0 Å². The highest BCUT2D eigenvalue weighted by molar-refractivity contribution is 9.10. The van der Waals surface area contributed by atoms with Crippen molar-refractivity contribution in [3.05, 3.63) is 64.1 Å². The van der Waals surface area contributed by atoms with Crippen molar-refractivity contribution in [1.29, 1.82) is 0 Å². The van der Waals surface area contributed by atoms with Crippen molar-refractivity contribution in [1.82, 2.24) is 10.6 Å². The quantitative estimate of drug-likeness (QED) is 0.548. The Morgan fingerprint density at radius 2 is 1.93 bits per heavy atom. The van der Waals surface area contributed by atoms with Crippen LogP contribution in [0.1, 0.15) is 36.3 Å². The van der Waals surface area contributed by atoms with Gasteiger partial charge in [0, 0.05) is 48.7 Å². The molecule has 5 nitrogen and oxygen atoms in total. The monoisotopic (exact) mass is 440 g/mol. The summed E-state index contributed by atoms with van der Waals surface area (Å²) < 4.78 is 1.11. The summed E-state index contributed by atoms with van der Waals surface area (Å²) in [6.45, 7) is 1.53. The third-order valence-corrected chi connectivity index (χ3v) is 5.94. The van der Waals surface area contributed by atoms with Crippen LogP contribution in [0.4, 0.5) is 5.69 Å². The summed E-state index contributed by atoms with van der Waals surface area (Å²) in [5.74, 6) is 1.59. The van der Waals surface area contributed by atoms with Crippen LogP contribution in [0.25, 0.3) is 0 Å². The third kappa shape index (κ3) is 4.38. The van der Waals surface area contributed by atoms with E-state index in [2.05, 4.69) is 68.0 Å². The van der Waals surface area contributed by atoms with Crippen LogP contribution in [0.3, 0.4) is 0 Å². The molecule has 146 valence electrons. The highest BCUT2D eigenvalue weighted by Gasteiger charge is 2.38. The lowest BCUT2D eigenvalue weighted by Crippen LogP contribution is -2.38. The highest BCUT2D eigenvalue weighted by atomic mass is 79.9. The van der Waals surface area contributed by atoms with E-state index in [4.69, 9.17) is 0 Å². The maximum atomic E-state index is 11.9. The van der Waals surface area contributed by atoms with Crippen molar-refractivity contribution < 1.29 is 4.79 Å². The summed E-state index contributed by atoms with van der Waals surface area (Å²) in [4.78, 5) is 18.1. The zero-order valence-electron chi connectivity index (χ0n) is 16.0. The molecule has 2 fully saturated rings. The normalized spacial score (nSPS) is 21.7. The largest absolute Gasteiger partial charge is 0.353 e. The second kappa shape index (κ2) is 8.35. The fourth-order valence-electron chi connectivity index (χ4n) is 3.70. The fourth-order valence-corrected chi connectivity index (χ4v) is 3.97. The van der Waals surface area contributed by atoms with Gasteiger partial charge in [0.2, 0.25) is 5.91 Å². The van der Waals surface area contributed by atoms with E-state index in [9.17, 15) is 4.79 Å². The summed E-state index contributed by atoms with van der Waals surface area (Å²) in [6.07, 6.45) is 2.74. The number of hydrogen-bond donors (Lipinski definition) is 2. The van der Waals surface area contributed by atoms with Crippen LogP contribution in [-0.4, -0.2) is 31.5 Å². The van der Waals surface area contributed by atoms with Gasteiger partial charge in [-0.2, -0.15) is 0 Å². The van der Waals surface area contributed by atoms with Crippen LogP contribution in [0.15, 0.2) is 58.0 Å². The van der Waals surface area contributed by atoms with Crippen LogP contribution in [0.2, 0.25) is 0 Å². The molecule has 0 spiro atoms. The second-order valence-electron chi connectivity index (χ2n) is 7.39. The average molecular weight is 441 g/mol. The zero-order valence-corrected chi connectivity index (χ0v) is 17.6. The third-order valence-electron chi connectivity index (χ3n) is 5.42. The Hall–Kier alpha value is -2.34. The molecule has 0 aromatic heterocycles. The second-order valence-corrected chi connectivity index (χ2v) is 8.30. The fraction of sp³-hybridized carbons (Fsp3) is 0.364. The molecule has 1 aliphatic heterocycles. The highest BCUT2D eigenvalue weighted by Crippen LogP contribution is 2.41. The smallest absolute Gasteiger partial charge is 0.227 e. The van der Waals surface area contributed by atoms with E-state index in [0.717, 1.165) is 35.5 Å². The Morgan fingerprint density at radius 1 is 1.18 bits per heavy atom. The van der Waals surface area contributed by atoms with Gasteiger partial charge in [0.25, 0.3) is 0 Å². The number of amides is 1. The van der Waals surface area contributed by atoms with Gasteiger partial charge in [0.15, 0.2) is 5.96 Å². The molecule has 2 aromatic rings. The number of aliphatic imine (C=N–C) groups is 1. The van der Waals surface area contributed by atoms with Crippen molar-refractivity contribution in [2.24, 2.45) is 4.99 Å². The lowest BCUT2D eigenvalue weighted by molar-refractivity contribution is -0.117. The first-order valence-corrected chi connectivity index (χ1v) is 10.6. The van der Waals surface area contributed by atoms with Crippen LogP contribution in [-0.2, 0) is 11.3 Å². The standard InChI is InChI=1S/C22H25BrN4O/c1-24-22(26-20-13-19(20)16-6-8-17(23)9-7-16)25-14-15-4-10-18(11-5-15)27-12-2-3-21(27)28/h4-11,19-20H,2-3,12-14H2,1H3,(H2,24,25,26). The van der Waals surface area contributed by atoms with E-state index in [-0.39, 0.29) is 5.91 Å². The van der Waals surface area contributed by atoms with Gasteiger partial charge in [-0.1, -0.05) is 40.2 Å². The number of carbonyl (C=O) groups excluding carboxylic acids is 1. The summed E-state index contributed by atoms with van der Waals surface area (Å²) >= 11 is 3.49. The first-order valence-electron chi connectivity index (χ1n) is 9.76. The Bertz CT molecular complexity index is 863. The molecule has 6 heteroatoms. The van der Waals surface area contributed by atoms with E-state index >= 15 is 0 Å². The Morgan fingerprint density at radius 3 is 2.57 bits per heavy atom. The lowest BCUT2D eigenvalue weighted by atomic mass is 10.1. The predicted molar refractivity (Wildman–Crippen MR) is 117 cm³/mol. The van der Waals surface area contributed by atoms with Gasteiger partial charge in [-0.05, 0) is 48.2 Å². The van der Waals surface area contributed by atoms with Crippen LogP contribution < -0.4 is 15.5 Å². The van der Waals surface area contributed by atoms with Gasteiger partial charge in [-0.25, -0.2) is 0 Å². The molecule has 2 unspecified atom stereocenters. The summed E-state index contributed by atoms with van der Waals surface area (Å²) in [7, 11) is 1.80. The number of hydrogen-bond acceptors (Lipinski definition) is 2. The molecule has 1 saturated carbocycles. The molecular formula is C22H25BrN4O. The number of nitrogens with one attached hydrogen (secondary N) is 2. The number of nitrogens with zero attached hydrogens (tertiary/aromatic N) is 2. The number of carbonyl (C=O) groups is 1. The van der Waals surface area contributed by atoms with E-state index in [1.165, 1.54) is 11.1 Å². The van der Waals surface area contributed by atoms with E-state index in [1.807, 2.05) is 17.0 Å². The molecular weight excluding hydrogens is 416 g/mol. The minimum absolute atomic E-state index is 0.222. The molecule has 4 rings (SSSR count). The van der Waals surface area contributed by atoms with Crippen molar-refractivity contribution in [2.45, 2.75) is 37.8 Å². The maximum absolute atomic E-state index is 11.9. The molecule has 1 amide bonds. The molecule has 2 atom stereocenters. The van der Waals surface area contributed by atoms with Crippen molar-refractivity contribution in [3.8, 4) is 0 Å². The maximum Gasteiger partial charge on any atom is 0.227 e. The Balaban J connectivity index is 1.28. The van der Waals surface area contributed by atoms with Gasteiger partial charge in [0.05, 0.1) is 0 Å². The Kier molecular flexibility index (Phi) is 5.67. The van der Waals surface area contributed by atoms with Gasteiger partial charge >= 0.3 is 0 Å². The summed E-state index contributed by atoms with van der Waals surface area (Å²) in [5, 5.41) is 6.90. The number of halogens is 1. The number of anilines is 1. The van der Waals surface area contributed by atoms with Gasteiger partial charge in [0.1, 0.15) is 0 Å². The number of guanidine groups is 1. The van der Waals surface area contributed by atoms with Crippen molar-refractivity contribution in [3.63, 3.8) is 0 Å². The van der Waals surface area contributed by atoms with Gasteiger partial charge in [-0.15, -0.1) is 0 Å². The van der Waals surface area contributed by atoms with E-state index in [1.54, 1.807) is 7.05 Å². The molecule has 2 aromatic carbocycles. The summed E-state index contributed by atoms with van der Waals surface area (Å²) in [6, 6.07) is 17.2. The van der Waals surface area contributed by atoms with Gasteiger partial charge in [-0.3, -0.25) is 9.79 Å². The first kappa shape index (κ1) is 19.0. The minimum Gasteiger partial charge on any atom is -0.353 e. The zero-order chi connectivity index (χ0) is 19.5. The predicted octanol–water partition coefficient (Wildman–Crippen LogP) is 3.80.